The van der Waals surface area contributed by atoms with Gasteiger partial charge in [-0.05, 0) is 31.9 Å². The quantitative estimate of drug-likeness (QED) is 0.927. The van der Waals surface area contributed by atoms with Crippen molar-refractivity contribution in [2.45, 2.75) is 26.8 Å². The summed E-state index contributed by atoms with van der Waals surface area (Å²) in [6.07, 6.45) is 0.990. The van der Waals surface area contributed by atoms with E-state index in [2.05, 4.69) is 20.6 Å². The number of aromatic nitrogens is 1. The molecule has 128 valence electrons. The van der Waals surface area contributed by atoms with Gasteiger partial charge in [0.05, 0.1) is 10.7 Å². The van der Waals surface area contributed by atoms with E-state index in [9.17, 15) is 4.79 Å². The molecule has 1 aliphatic rings. The molecule has 24 heavy (non-hydrogen) atoms. The topological polar surface area (TPSA) is 48.5 Å². The van der Waals surface area contributed by atoms with Gasteiger partial charge in [0, 0.05) is 43.8 Å². The summed E-state index contributed by atoms with van der Waals surface area (Å²) in [5.74, 6) is 0. The van der Waals surface area contributed by atoms with E-state index in [0.29, 0.717) is 0 Å². The Labute approximate surface area is 147 Å². The zero-order valence-corrected chi connectivity index (χ0v) is 15.1. The van der Waals surface area contributed by atoms with E-state index < -0.39 is 0 Å². The molecule has 2 amide bonds. The van der Waals surface area contributed by atoms with Crippen molar-refractivity contribution in [2.24, 2.45) is 0 Å². The molecule has 1 N–H and O–H groups in total. The van der Waals surface area contributed by atoms with Gasteiger partial charge in [-0.25, -0.2) is 9.78 Å². The number of rotatable bonds is 3. The molecule has 0 unspecified atom stereocenters. The Kier molecular flexibility index (Phi) is 5.48. The molecule has 0 atom stereocenters. The average molecular weight is 344 g/mol. The number of carbonyl (C=O) groups is 1. The third-order valence-corrected chi connectivity index (χ3v) is 5.14. The molecule has 1 aromatic carbocycles. The largest absolute Gasteiger partial charge is 0.323 e. The minimum Gasteiger partial charge on any atom is -0.323 e. The number of nitrogens with zero attached hydrogens (tertiary/aromatic N) is 3. The third-order valence-electron chi connectivity index (χ3n) is 4.31. The molecule has 2 heterocycles. The molecule has 2 aromatic rings. The Morgan fingerprint density at radius 2 is 2.04 bits per heavy atom. The first-order valence-electron chi connectivity index (χ1n) is 8.37. The van der Waals surface area contributed by atoms with E-state index in [-0.39, 0.29) is 6.03 Å². The minimum absolute atomic E-state index is 0.00403. The lowest BCUT2D eigenvalue weighted by Crippen LogP contribution is -2.38. The van der Waals surface area contributed by atoms with E-state index in [1.807, 2.05) is 43.0 Å². The van der Waals surface area contributed by atoms with Gasteiger partial charge in [-0.15, -0.1) is 11.3 Å². The summed E-state index contributed by atoms with van der Waals surface area (Å²) in [4.78, 5) is 21.4. The van der Waals surface area contributed by atoms with Crippen LogP contribution in [0.15, 0.2) is 29.6 Å². The van der Waals surface area contributed by atoms with Crippen molar-refractivity contribution in [1.82, 2.24) is 14.8 Å². The Morgan fingerprint density at radius 3 is 2.79 bits per heavy atom. The maximum atomic E-state index is 12.5. The molecule has 1 aliphatic heterocycles. The van der Waals surface area contributed by atoms with Gasteiger partial charge in [0.2, 0.25) is 0 Å². The van der Waals surface area contributed by atoms with E-state index in [1.165, 1.54) is 0 Å². The first-order valence-corrected chi connectivity index (χ1v) is 9.25. The van der Waals surface area contributed by atoms with Gasteiger partial charge in [-0.2, -0.15) is 0 Å². The van der Waals surface area contributed by atoms with Crippen LogP contribution in [-0.4, -0.2) is 47.0 Å². The molecule has 1 aromatic heterocycles. The fourth-order valence-electron chi connectivity index (χ4n) is 2.95. The fraction of sp³-hybridized carbons (Fsp3) is 0.444. The van der Waals surface area contributed by atoms with Crippen LogP contribution in [0.2, 0.25) is 0 Å². The molecule has 0 radical (unpaired) electrons. The van der Waals surface area contributed by atoms with Gasteiger partial charge in [-0.1, -0.05) is 18.2 Å². The molecule has 5 nitrogen and oxygen atoms in total. The Morgan fingerprint density at radius 1 is 1.21 bits per heavy atom. The second-order valence-corrected chi connectivity index (χ2v) is 7.28. The van der Waals surface area contributed by atoms with Crippen LogP contribution in [0.25, 0.3) is 0 Å². The molecule has 0 saturated carbocycles. The molecular weight excluding hydrogens is 320 g/mol. The van der Waals surface area contributed by atoms with Gasteiger partial charge in [-0.3, -0.25) is 4.90 Å². The zero-order valence-electron chi connectivity index (χ0n) is 14.3. The average Bonchev–Trinajstić information content (AvgIpc) is 2.82. The van der Waals surface area contributed by atoms with Crippen LogP contribution in [0.5, 0.6) is 0 Å². The number of benzene rings is 1. The van der Waals surface area contributed by atoms with Crippen LogP contribution in [0, 0.1) is 13.8 Å². The normalized spacial score (nSPS) is 16.0. The number of amides is 2. The Hall–Kier alpha value is -1.92. The first kappa shape index (κ1) is 16.9. The standard InChI is InChI=1S/C18H24N4OS/c1-14-6-3-4-7-17(14)20-18(23)22-9-5-8-21(10-11-22)12-16-13-24-15(2)19-16/h3-4,6-7,13H,5,8-12H2,1-2H3,(H,20,23). The molecule has 3 rings (SSSR count). The summed E-state index contributed by atoms with van der Waals surface area (Å²) < 4.78 is 0. The molecule has 0 spiro atoms. The van der Waals surface area contributed by atoms with E-state index in [4.69, 9.17) is 0 Å². The van der Waals surface area contributed by atoms with Gasteiger partial charge in [0.25, 0.3) is 0 Å². The van der Waals surface area contributed by atoms with E-state index in [1.54, 1.807) is 11.3 Å². The summed E-state index contributed by atoms with van der Waals surface area (Å²) >= 11 is 1.69. The van der Waals surface area contributed by atoms with Crippen LogP contribution in [0.3, 0.4) is 0 Å². The maximum absolute atomic E-state index is 12.5. The highest BCUT2D eigenvalue weighted by Crippen LogP contribution is 2.16. The Balaban J connectivity index is 1.55. The molecule has 1 saturated heterocycles. The lowest BCUT2D eigenvalue weighted by Gasteiger charge is -2.22. The lowest BCUT2D eigenvalue weighted by molar-refractivity contribution is 0.211. The van der Waals surface area contributed by atoms with Gasteiger partial charge >= 0.3 is 6.03 Å². The summed E-state index contributed by atoms with van der Waals surface area (Å²) in [5, 5.41) is 6.27. The maximum Gasteiger partial charge on any atom is 0.321 e. The minimum atomic E-state index is -0.00403. The molecule has 0 bridgehead atoms. The zero-order chi connectivity index (χ0) is 16.9. The van der Waals surface area contributed by atoms with Crippen LogP contribution in [-0.2, 0) is 6.54 Å². The number of para-hydroxylation sites is 1. The number of anilines is 1. The van der Waals surface area contributed by atoms with Gasteiger partial charge in [0.15, 0.2) is 0 Å². The number of carbonyl (C=O) groups excluding carboxylic acids is 1. The van der Waals surface area contributed by atoms with Crippen LogP contribution >= 0.6 is 11.3 Å². The Bertz CT molecular complexity index is 700. The van der Waals surface area contributed by atoms with E-state index in [0.717, 1.165) is 61.1 Å². The smallest absolute Gasteiger partial charge is 0.321 e. The summed E-state index contributed by atoms with van der Waals surface area (Å²) in [7, 11) is 0. The highest BCUT2D eigenvalue weighted by Gasteiger charge is 2.20. The van der Waals surface area contributed by atoms with Gasteiger partial charge in [0.1, 0.15) is 0 Å². The second-order valence-electron chi connectivity index (χ2n) is 6.22. The number of urea groups is 1. The van der Waals surface area contributed by atoms with Crippen molar-refractivity contribution in [3.8, 4) is 0 Å². The molecule has 0 aliphatic carbocycles. The number of thiazole rings is 1. The highest BCUT2D eigenvalue weighted by atomic mass is 32.1. The number of hydrogen-bond acceptors (Lipinski definition) is 4. The van der Waals surface area contributed by atoms with Crippen molar-refractivity contribution in [3.05, 3.63) is 45.9 Å². The monoisotopic (exact) mass is 344 g/mol. The predicted molar refractivity (Wildman–Crippen MR) is 98.5 cm³/mol. The lowest BCUT2D eigenvalue weighted by atomic mass is 10.2. The SMILES string of the molecule is Cc1nc(CN2CCCN(C(=O)Nc3ccccc3C)CC2)cs1. The number of nitrogens with one attached hydrogen (secondary N) is 1. The second kappa shape index (κ2) is 7.77. The van der Waals surface area contributed by atoms with Crippen molar-refractivity contribution in [3.63, 3.8) is 0 Å². The van der Waals surface area contributed by atoms with Crippen molar-refractivity contribution >= 4 is 23.1 Å². The molecule has 6 heteroatoms. The molecular formula is C18H24N4OS. The summed E-state index contributed by atoms with van der Waals surface area (Å²) in [5.41, 5.74) is 3.11. The predicted octanol–water partition coefficient (Wildman–Crippen LogP) is 3.50. The number of hydrogen-bond donors (Lipinski definition) is 1. The number of aryl methyl sites for hydroxylation is 2. The van der Waals surface area contributed by atoms with Crippen LogP contribution in [0.1, 0.15) is 22.7 Å². The summed E-state index contributed by atoms with van der Waals surface area (Å²) in [6.45, 7) is 8.36. The van der Waals surface area contributed by atoms with E-state index >= 15 is 0 Å². The van der Waals surface area contributed by atoms with Crippen molar-refractivity contribution < 1.29 is 4.79 Å². The molecule has 1 fully saturated rings. The van der Waals surface area contributed by atoms with Crippen LogP contribution < -0.4 is 5.32 Å². The fourth-order valence-corrected chi connectivity index (χ4v) is 3.55. The van der Waals surface area contributed by atoms with Gasteiger partial charge < -0.3 is 10.2 Å². The van der Waals surface area contributed by atoms with Crippen molar-refractivity contribution in [2.75, 3.05) is 31.5 Å². The third kappa shape index (κ3) is 4.33. The van der Waals surface area contributed by atoms with Crippen molar-refractivity contribution in [1.29, 1.82) is 0 Å². The highest BCUT2D eigenvalue weighted by molar-refractivity contribution is 7.09. The summed E-state index contributed by atoms with van der Waals surface area (Å²) in [6, 6.07) is 7.88. The first-order chi connectivity index (χ1) is 11.6. The van der Waals surface area contributed by atoms with Crippen LogP contribution in [0.4, 0.5) is 10.5 Å².